The van der Waals surface area contributed by atoms with E-state index in [4.69, 9.17) is 5.73 Å². The molecule has 8 heteroatoms. The van der Waals surface area contributed by atoms with Gasteiger partial charge in [-0.2, -0.15) is 0 Å². The maximum Gasteiger partial charge on any atom is 0.257 e. The van der Waals surface area contributed by atoms with Crippen LogP contribution in [0.1, 0.15) is 15.9 Å². The second-order valence-electron chi connectivity index (χ2n) is 6.93. The van der Waals surface area contributed by atoms with Gasteiger partial charge in [0.15, 0.2) is 5.13 Å². The van der Waals surface area contributed by atoms with E-state index in [0.717, 1.165) is 20.7 Å². The molecule has 0 radical (unpaired) electrons. The molecule has 0 aliphatic heterocycles. The maximum absolute atomic E-state index is 12.4. The normalized spacial score (nSPS) is 10.7. The average molecular weight is 449 g/mol. The number of nitrogens with one attached hydrogen (secondary N) is 2. The average Bonchev–Trinajstić information content (AvgIpc) is 3.15. The van der Waals surface area contributed by atoms with Crippen LogP contribution in [0.15, 0.2) is 71.6 Å². The van der Waals surface area contributed by atoms with Gasteiger partial charge in [0.1, 0.15) is 0 Å². The summed E-state index contributed by atoms with van der Waals surface area (Å²) in [6.07, 6.45) is 0. The van der Waals surface area contributed by atoms with Crippen molar-refractivity contribution in [3.8, 4) is 0 Å². The Kier molecular flexibility index (Phi) is 6.20. The van der Waals surface area contributed by atoms with Crippen molar-refractivity contribution in [3.63, 3.8) is 0 Å². The van der Waals surface area contributed by atoms with Crippen molar-refractivity contribution in [1.82, 2.24) is 4.98 Å². The number of aromatic nitrogens is 1. The number of hydrogen-bond donors (Lipinski definition) is 3. The van der Waals surface area contributed by atoms with Crippen molar-refractivity contribution in [2.24, 2.45) is 0 Å². The minimum atomic E-state index is -0.202. The molecule has 31 heavy (non-hydrogen) atoms. The van der Waals surface area contributed by atoms with Crippen LogP contribution in [0.25, 0.3) is 10.2 Å². The summed E-state index contributed by atoms with van der Waals surface area (Å²) >= 11 is 2.81. The van der Waals surface area contributed by atoms with Crippen LogP contribution < -0.4 is 16.4 Å². The van der Waals surface area contributed by atoms with E-state index in [0.29, 0.717) is 27.8 Å². The van der Waals surface area contributed by atoms with E-state index in [9.17, 15) is 9.59 Å². The van der Waals surface area contributed by atoms with Crippen LogP contribution in [0.3, 0.4) is 0 Å². The molecule has 4 rings (SSSR count). The van der Waals surface area contributed by atoms with Crippen LogP contribution in [0, 0.1) is 6.92 Å². The first-order valence-corrected chi connectivity index (χ1v) is 11.3. The van der Waals surface area contributed by atoms with E-state index in [1.807, 2.05) is 55.5 Å². The molecule has 1 heterocycles. The van der Waals surface area contributed by atoms with E-state index in [2.05, 4.69) is 15.6 Å². The Balaban J connectivity index is 1.38. The highest BCUT2D eigenvalue weighted by Crippen LogP contribution is 2.29. The monoisotopic (exact) mass is 448 g/mol. The molecular weight excluding hydrogens is 428 g/mol. The zero-order valence-corrected chi connectivity index (χ0v) is 18.3. The third kappa shape index (κ3) is 5.42. The molecule has 0 atom stereocenters. The number of nitrogen functional groups attached to an aromatic ring is 1. The number of aryl methyl sites for hydroxylation is 1. The lowest BCUT2D eigenvalue weighted by atomic mass is 10.1. The SMILES string of the molecule is Cc1ccc(C(=O)Nc2nc3ccc(NC(=O)CSc4ccc(N)cc4)cc3s2)cc1. The summed E-state index contributed by atoms with van der Waals surface area (Å²) in [5, 5.41) is 6.26. The van der Waals surface area contributed by atoms with Crippen LogP contribution in [-0.2, 0) is 4.79 Å². The van der Waals surface area contributed by atoms with Crippen molar-refractivity contribution in [2.45, 2.75) is 11.8 Å². The molecule has 0 aliphatic rings. The molecule has 156 valence electrons. The van der Waals surface area contributed by atoms with Gasteiger partial charge in [0.25, 0.3) is 5.91 Å². The van der Waals surface area contributed by atoms with E-state index >= 15 is 0 Å². The van der Waals surface area contributed by atoms with Gasteiger partial charge in [-0.25, -0.2) is 4.98 Å². The van der Waals surface area contributed by atoms with E-state index < -0.39 is 0 Å². The minimum absolute atomic E-state index is 0.0985. The summed E-state index contributed by atoms with van der Waals surface area (Å²) < 4.78 is 0.878. The number of amides is 2. The Morgan fingerprint density at radius 1 is 1.00 bits per heavy atom. The van der Waals surface area contributed by atoms with Crippen molar-refractivity contribution in [3.05, 3.63) is 77.9 Å². The quantitative estimate of drug-likeness (QED) is 0.279. The van der Waals surface area contributed by atoms with Crippen LogP contribution >= 0.6 is 23.1 Å². The zero-order chi connectivity index (χ0) is 21.8. The number of benzene rings is 3. The summed E-state index contributed by atoms with van der Waals surface area (Å²) in [4.78, 5) is 30.1. The second-order valence-corrected chi connectivity index (χ2v) is 9.01. The fourth-order valence-corrected chi connectivity index (χ4v) is 4.44. The number of thiazole rings is 1. The smallest absolute Gasteiger partial charge is 0.257 e. The van der Waals surface area contributed by atoms with Gasteiger partial charge in [0.05, 0.1) is 16.0 Å². The molecule has 0 bridgehead atoms. The highest BCUT2D eigenvalue weighted by molar-refractivity contribution is 8.00. The molecule has 0 spiro atoms. The van der Waals surface area contributed by atoms with Crippen LogP contribution in [-0.4, -0.2) is 22.6 Å². The highest BCUT2D eigenvalue weighted by atomic mass is 32.2. The van der Waals surface area contributed by atoms with Crippen molar-refractivity contribution < 1.29 is 9.59 Å². The molecule has 6 nitrogen and oxygen atoms in total. The van der Waals surface area contributed by atoms with Crippen LogP contribution in [0.4, 0.5) is 16.5 Å². The summed E-state index contributed by atoms with van der Waals surface area (Å²) in [5.41, 5.74) is 9.50. The Hall–Kier alpha value is -3.36. The Bertz CT molecular complexity index is 1230. The van der Waals surface area contributed by atoms with Gasteiger partial charge in [-0.1, -0.05) is 29.0 Å². The van der Waals surface area contributed by atoms with E-state index in [-0.39, 0.29) is 11.8 Å². The Morgan fingerprint density at radius 3 is 2.48 bits per heavy atom. The van der Waals surface area contributed by atoms with Crippen molar-refractivity contribution in [1.29, 1.82) is 0 Å². The number of carbonyl (C=O) groups is 2. The van der Waals surface area contributed by atoms with Crippen molar-refractivity contribution in [2.75, 3.05) is 22.1 Å². The topological polar surface area (TPSA) is 97.1 Å². The first-order chi connectivity index (χ1) is 15.0. The predicted molar refractivity (Wildman–Crippen MR) is 129 cm³/mol. The van der Waals surface area contributed by atoms with Crippen LogP contribution in [0.5, 0.6) is 0 Å². The molecule has 2 amide bonds. The third-order valence-corrected chi connectivity index (χ3v) is 6.40. The van der Waals surface area contributed by atoms with Gasteiger partial charge in [-0.15, -0.1) is 11.8 Å². The van der Waals surface area contributed by atoms with Gasteiger partial charge in [0, 0.05) is 21.8 Å². The number of nitrogens with zero attached hydrogens (tertiary/aromatic N) is 1. The molecule has 0 unspecified atom stereocenters. The first kappa shape index (κ1) is 20.9. The molecule has 1 aromatic heterocycles. The van der Waals surface area contributed by atoms with E-state index in [1.165, 1.54) is 23.1 Å². The molecular formula is C23H20N4O2S2. The zero-order valence-electron chi connectivity index (χ0n) is 16.7. The molecule has 0 aliphatic carbocycles. The summed E-state index contributed by atoms with van der Waals surface area (Å²) in [6, 6.07) is 20.3. The molecule has 4 aromatic rings. The highest BCUT2D eigenvalue weighted by Gasteiger charge is 2.11. The Morgan fingerprint density at radius 2 is 1.74 bits per heavy atom. The molecule has 3 aromatic carbocycles. The lowest BCUT2D eigenvalue weighted by Gasteiger charge is -2.05. The second kappa shape index (κ2) is 9.20. The van der Waals surface area contributed by atoms with Gasteiger partial charge in [-0.3, -0.25) is 14.9 Å². The molecule has 0 saturated carbocycles. The molecule has 4 N–H and O–H groups in total. The number of nitrogens with two attached hydrogens (primary N) is 1. The largest absolute Gasteiger partial charge is 0.399 e. The predicted octanol–water partition coefficient (Wildman–Crippen LogP) is 5.17. The number of carbonyl (C=O) groups excluding carboxylic acids is 2. The van der Waals surface area contributed by atoms with Gasteiger partial charge in [-0.05, 0) is 61.5 Å². The summed E-state index contributed by atoms with van der Waals surface area (Å²) in [6.45, 7) is 1.97. The third-order valence-electron chi connectivity index (χ3n) is 4.46. The fourth-order valence-electron chi connectivity index (χ4n) is 2.84. The molecule has 0 fully saturated rings. The van der Waals surface area contributed by atoms with E-state index in [1.54, 1.807) is 18.2 Å². The minimum Gasteiger partial charge on any atom is -0.399 e. The fraction of sp³-hybridized carbons (Fsp3) is 0.0870. The number of rotatable bonds is 6. The van der Waals surface area contributed by atoms with Crippen molar-refractivity contribution >= 4 is 61.6 Å². The number of fused-ring (bicyclic) bond motifs is 1. The summed E-state index contributed by atoms with van der Waals surface area (Å²) in [7, 11) is 0. The number of hydrogen-bond acceptors (Lipinski definition) is 6. The number of thioether (sulfide) groups is 1. The van der Waals surface area contributed by atoms with Gasteiger partial charge in [0.2, 0.25) is 5.91 Å². The summed E-state index contributed by atoms with van der Waals surface area (Å²) in [5.74, 6) is -0.00598. The maximum atomic E-state index is 12.4. The standard InChI is InChI=1S/C23H20N4O2S2/c1-14-2-4-15(5-3-14)22(29)27-23-26-19-11-8-17(12-20(19)31-23)25-21(28)13-30-18-9-6-16(24)7-10-18/h2-12H,13,24H2,1H3,(H,25,28)(H,26,27,29). The van der Waals surface area contributed by atoms with Gasteiger partial charge < -0.3 is 11.1 Å². The lowest BCUT2D eigenvalue weighted by molar-refractivity contribution is -0.113. The van der Waals surface area contributed by atoms with Gasteiger partial charge >= 0.3 is 0 Å². The van der Waals surface area contributed by atoms with Crippen LogP contribution in [0.2, 0.25) is 0 Å². The lowest BCUT2D eigenvalue weighted by Crippen LogP contribution is -2.13. The number of anilines is 3. The Labute approximate surface area is 187 Å². The molecule has 0 saturated heterocycles. The first-order valence-electron chi connectivity index (χ1n) is 9.53.